The Morgan fingerprint density at radius 2 is 1.78 bits per heavy atom. The van der Waals surface area contributed by atoms with Crippen LogP contribution >= 0.6 is 20.2 Å². The molecule has 3 atom stereocenters. The van der Waals surface area contributed by atoms with Crippen LogP contribution in [0.2, 0.25) is 5.02 Å². The number of fused-ring (bicyclic) bond motifs is 1. The maximum absolute atomic E-state index is 15.5. The summed E-state index contributed by atoms with van der Waals surface area (Å²) in [6.07, 6.45) is 0.310. The Morgan fingerprint density at radius 1 is 1.14 bits per heavy atom. The number of hydrogen-bond donors (Lipinski definition) is 1. The van der Waals surface area contributed by atoms with E-state index in [9.17, 15) is 9.59 Å². The minimum absolute atomic E-state index is 0.0740. The van der Waals surface area contributed by atoms with E-state index in [-0.39, 0.29) is 22.9 Å². The monoisotopic (exact) mass is 548 g/mol. The lowest BCUT2D eigenvalue weighted by molar-refractivity contribution is -0.0469. The van der Waals surface area contributed by atoms with E-state index >= 15 is 4.39 Å². The van der Waals surface area contributed by atoms with Gasteiger partial charge >= 0.3 is 14.3 Å². The predicted molar refractivity (Wildman–Crippen MR) is 141 cm³/mol. The highest BCUT2D eigenvalue weighted by molar-refractivity contribution is 7.42. The first-order valence-electron chi connectivity index (χ1n) is 11.9. The SMILES string of the molecule is [B]C([B])(OP1OCc2c(F)c(C(C)(C)C)cc(C(C)(C)C)c2O1)C1CCC(n2cc(Cl)c(=O)[nH]c2=O)O1. The summed E-state index contributed by atoms with van der Waals surface area (Å²) < 4.78 is 40.2. The average Bonchev–Trinajstić information content (AvgIpc) is 3.25. The van der Waals surface area contributed by atoms with E-state index in [4.69, 9.17) is 45.6 Å². The number of nitrogens with one attached hydrogen (secondary N) is 1. The van der Waals surface area contributed by atoms with Crippen LogP contribution in [-0.2, 0) is 31.2 Å². The van der Waals surface area contributed by atoms with E-state index in [1.165, 1.54) is 10.8 Å². The molecule has 0 spiro atoms. The van der Waals surface area contributed by atoms with Crippen molar-refractivity contribution in [1.82, 2.24) is 9.55 Å². The van der Waals surface area contributed by atoms with Crippen molar-refractivity contribution < 1.29 is 22.7 Å². The highest BCUT2D eigenvalue weighted by Crippen LogP contribution is 2.54. The standard InChI is InChI=1S/C24H29B2ClFN2O6P/c1-22(2,3)13-9-14(23(4,5)6)19-12(18(13)28)11-33-37(35-19)36-24(25,26)16-7-8-17(34-16)30-10-15(27)20(31)29-21(30)32/h9-10,16-17H,7-8,11H2,1-6H3,(H,29,31,32). The Hall–Kier alpha value is -1.64. The third-order valence-electron chi connectivity index (χ3n) is 6.37. The summed E-state index contributed by atoms with van der Waals surface area (Å²) in [4.78, 5) is 25.9. The Balaban J connectivity index is 1.55. The van der Waals surface area contributed by atoms with Crippen LogP contribution in [0.3, 0.4) is 0 Å². The smallest absolute Gasteiger partial charge is 0.396 e. The van der Waals surface area contributed by atoms with Crippen LogP contribution < -0.4 is 15.8 Å². The normalized spacial score (nSPS) is 22.5. The van der Waals surface area contributed by atoms with Crippen molar-refractivity contribution >= 4 is 35.9 Å². The molecule has 13 heteroatoms. The molecule has 1 saturated heterocycles. The van der Waals surface area contributed by atoms with Crippen molar-refractivity contribution in [2.45, 2.75) is 89.6 Å². The van der Waals surface area contributed by atoms with Crippen molar-refractivity contribution in [1.29, 1.82) is 0 Å². The van der Waals surface area contributed by atoms with Gasteiger partial charge in [-0.05, 0) is 35.3 Å². The molecule has 196 valence electrons. The van der Waals surface area contributed by atoms with Crippen molar-refractivity contribution in [2.75, 3.05) is 0 Å². The van der Waals surface area contributed by atoms with E-state index in [1.807, 2.05) is 47.6 Å². The molecule has 1 fully saturated rings. The van der Waals surface area contributed by atoms with Crippen molar-refractivity contribution in [3.05, 3.63) is 60.6 Å². The Morgan fingerprint density at radius 3 is 2.41 bits per heavy atom. The lowest BCUT2D eigenvalue weighted by atomic mass is 9.61. The van der Waals surface area contributed by atoms with Gasteiger partial charge in [0.25, 0.3) is 5.56 Å². The molecule has 0 bridgehead atoms. The molecule has 0 saturated carbocycles. The average molecular weight is 549 g/mol. The van der Waals surface area contributed by atoms with Gasteiger partial charge in [-0.15, -0.1) is 0 Å². The third-order valence-corrected chi connectivity index (χ3v) is 7.78. The highest BCUT2D eigenvalue weighted by atomic mass is 35.5. The Bertz CT molecular complexity index is 1320. The van der Waals surface area contributed by atoms with Crippen LogP contribution in [0.5, 0.6) is 5.75 Å². The van der Waals surface area contributed by atoms with Gasteiger partial charge in [0, 0.05) is 17.2 Å². The van der Waals surface area contributed by atoms with Crippen LogP contribution in [0.4, 0.5) is 4.39 Å². The van der Waals surface area contributed by atoms with Gasteiger partial charge in [-0.2, -0.15) is 0 Å². The fourth-order valence-corrected chi connectivity index (χ4v) is 5.58. The van der Waals surface area contributed by atoms with Gasteiger partial charge in [-0.1, -0.05) is 53.1 Å². The largest absolute Gasteiger partial charge is 0.426 e. The second-order valence-electron chi connectivity index (χ2n) is 11.4. The molecular formula is C24H29B2ClFN2O6P. The van der Waals surface area contributed by atoms with Crippen molar-refractivity contribution in [3.63, 3.8) is 0 Å². The second-order valence-corrected chi connectivity index (χ2v) is 12.9. The van der Waals surface area contributed by atoms with Gasteiger partial charge in [-0.3, -0.25) is 18.9 Å². The van der Waals surface area contributed by atoms with E-state index < -0.39 is 43.0 Å². The number of ether oxygens (including phenoxy) is 1. The molecular weight excluding hydrogens is 519 g/mol. The van der Waals surface area contributed by atoms with Crippen LogP contribution in [-0.4, -0.2) is 36.7 Å². The molecule has 3 heterocycles. The summed E-state index contributed by atoms with van der Waals surface area (Å²) in [5.41, 5.74) is -0.424. The molecule has 2 aliphatic heterocycles. The summed E-state index contributed by atoms with van der Waals surface area (Å²) >= 11 is 5.86. The molecule has 8 nitrogen and oxygen atoms in total. The number of halogens is 2. The van der Waals surface area contributed by atoms with Crippen LogP contribution in [0.1, 0.15) is 77.3 Å². The molecule has 1 N–H and O–H groups in total. The first-order valence-corrected chi connectivity index (χ1v) is 13.4. The van der Waals surface area contributed by atoms with E-state index in [2.05, 4.69) is 4.98 Å². The van der Waals surface area contributed by atoms with E-state index in [1.54, 1.807) is 0 Å². The Kier molecular flexibility index (Phi) is 7.54. The number of aromatic amines is 1. The summed E-state index contributed by atoms with van der Waals surface area (Å²) in [6.45, 7) is 11.8. The zero-order valence-corrected chi connectivity index (χ0v) is 23.3. The molecule has 1 aromatic carbocycles. The van der Waals surface area contributed by atoms with Gasteiger partial charge in [0.1, 0.15) is 38.5 Å². The summed E-state index contributed by atoms with van der Waals surface area (Å²) in [5.74, 6) is -0.00491. The van der Waals surface area contributed by atoms with Crippen LogP contribution in [0.25, 0.3) is 0 Å². The minimum Gasteiger partial charge on any atom is -0.426 e. The number of nitrogens with zero attached hydrogens (tertiary/aromatic N) is 1. The van der Waals surface area contributed by atoms with Gasteiger partial charge in [0.2, 0.25) is 0 Å². The van der Waals surface area contributed by atoms with Gasteiger partial charge in [0.15, 0.2) is 0 Å². The third kappa shape index (κ3) is 5.71. The summed E-state index contributed by atoms with van der Waals surface area (Å²) in [5, 5.41) is -2.00. The zero-order chi connectivity index (χ0) is 27.5. The van der Waals surface area contributed by atoms with Gasteiger partial charge in [0.05, 0.1) is 18.3 Å². The topological polar surface area (TPSA) is 91.8 Å². The predicted octanol–water partition coefficient (Wildman–Crippen LogP) is 4.45. The first-order chi connectivity index (χ1) is 17.0. The number of H-pyrrole nitrogens is 1. The van der Waals surface area contributed by atoms with Crippen LogP contribution in [0.15, 0.2) is 21.9 Å². The Labute approximate surface area is 224 Å². The zero-order valence-electron chi connectivity index (χ0n) is 21.7. The number of aromatic nitrogens is 2. The first kappa shape index (κ1) is 28.4. The maximum Gasteiger partial charge on any atom is 0.396 e. The molecule has 2 aromatic rings. The van der Waals surface area contributed by atoms with E-state index in [0.29, 0.717) is 29.7 Å². The molecule has 0 aliphatic carbocycles. The molecule has 4 rings (SSSR count). The number of benzene rings is 1. The van der Waals surface area contributed by atoms with Crippen molar-refractivity contribution in [2.24, 2.45) is 0 Å². The van der Waals surface area contributed by atoms with E-state index in [0.717, 1.165) is 5.56 Å². The lowest BCUT2D eigenvalue weighted by Crippen LogP contribution is -2.46. The maximum atomic E-state index is 15.5. The summed E-state index contributed by atoms with van der Waals surface area (Å²) in [7, 11) is 10.5. The molecule has 0 amide bonds. The summed E-state index contributed by atoms with van der Waals surface area (Å²) in [6, 6.07) is 1.84. The molecule has 1 aromatic heterocycles. The number of rotatable bonds is 4. The number of hydrogen-bond acceptors (Lipinski definition) is 6. The second kappa shape index (κ2) is 9.83. The minimum atomic E-state index is -2.09. The van der Waals surface area contributed by atoms with Gasteiger partial charge < -0.3 is 13.8 Å². The van der Waals surface area contributed by atoms with Crippen LogP contribution in [0, 0.1) is 5.82 Å². The molecule has 37 heavy (non-hydrogen) atoms. The molecule has 2 aliphatic rings. The highest BCUT2D eigenvalue weighted by Gasteiger charge is 2.43. The van der Waals surface area contributed by atoms with Gasteiger partial charge in [-0.25, -0.2) is 9.18 Å². The fourth-order valence-electron chi connectivity index (χ4n) is 4.32. The quantitative estimate of drug-likeness (QED) is 0.449. The van der Waals surface area contributed by atoms with Crippen molar-refractivity contribution in [3.8, 4) is 5.75 Å². The molecule has 3 unspecified atom stereocenters. The fraction of sp³-hybridized carbons (Fsp3) is 0.583. The lowest BCUT2D eigenvalue weighted by Gasteiger charge is -2.38. The molecule has 4 radical (unpaired) electrons.